The van der Waals surface area contributed by atoms with Crippen LogP contribution in [0.5, 0.6) is 11.5 Å². The van der Waals surface area contributed by atoms with Crippen molar-refractivity contribution in [2.24, 2.45) is 17.1 Å². The first-order chi connectivity index (χ1) is 13.5. The van der Waals surface area contributed by atoms with E-state index >= 15 is 0 Å². The number of ether oxygens (including phenoxy) is 1. The summed E-state index contributed by atoms with van der Waals surface area (Å²) in [5.74, 6) is 0.0270. The van der Waals surface area contributed by atoms with Gasteiger partial charge in [0.15, 0.2) is 0 Å². The number of carbonyl (C=O) groups is 1. The molecule has 1 aliphatic heterocycles. The lowest BCUT2D eigenvalue weighted by molar-refractivity contribution is -0.133. The summed E-state index contributed by atoms with van der Waals surface area (Å²) in [5, 5.41) is 0. The SMILES string of the molecule is CC1(C)C(C(N)=O)CCN(S(=O)(=O)c2ccccc2Oc2ccccc2)C1(C)C. The van der Waals surface area contributed by atoms with E-state index in [0.29, 0.717) is 12.2 Å². The minimum atomic E-state index is -3.88. The predicted octanol–water partition coefficient (Wildman–Crippen LogP) is 3.78. The first-order valence-electron chi connectivity index (χ1n) is 9.63. The Bertz CT molecular complexity index is 1000. The summed E-state index contributed by atoms with van der Waals surface area (Å²) in [4.78, 5) is 12.1. The van der Waals surface area contributed by atoms with Crippen molar-refractivity contribution in [1.82, 2.24) is 4.31 Å². The van der Waals surface area contributed by atoms with Crippen LogP contribution in [-0.4, -0.2) is 30.7 Å². The monoisotopic (exact) mass is 416 g/mol. The Morgan fingerprint density at radius 2 is 1.62 bits per heavy atom. The number of hydrogen-bond acceptors (Lipinski definition) is 4. The van der Waals surface area contributed by atoms with E-state index in [9.17, 15) is 13.2 Å². The van der Waals surface area contributed by atoms with Gasteiger partial charge >= 0.3 is 0 Å². The number of benzene rings is 2. The lowest BCUT2D eigenvalue weighted by Gasteiger charge is -2.55. The number of nitrogens with zero attached hydrogens (tertiary/aromatic N) is 1. The molecule has 0 saturated carbocycles. The molecule has 1 aliphatic rings. The molecule has 2 aromatic rings. The third-order valence-corrected chi connectivity index (χ3v) is 8.54. The highest BCUT2D eigenvalue weighted by Gasteiger charge is 2.55. The molecule has 6 nitrogen and oxygen atoms in total. The van der Waals surface area contributed by atoms with Gasteiger partial charge < -0.3 is 10.5 Å². The maximum atomic E-state index is 13.7. The van der Waals surface area contributed by atoms with Crippen molar-refractivity contribution in [2.75, 3.05) is 6.54 Å². The van der Waals surface area contributed by atoms with Gasteiger partial charge in [-0.25, -0.2) is 8.42 Å². The Kier molecular flexibility index (Phi) is 5.49. The van der Waals surface area contributed by atoms with E-state index in [0.717, 1.165) is 0 Å². The molecule has 1 saturated heterocycles. The molecule has 1 unspecified atom stereocenters. The summed E-state index contributed by atoms with van der Waals surface area (Å²) in [6.45, 7) is 7.71. The molecule has 0 radical (unpaired) electrons. The number of sulfonamides is 1. The van der Waals surface area contributed by atoms with Gasteiger partial charge in [0, 0.05) is 18.0 Å². The van der Waals surface area contributed by atoms with Crippen molar-refractivity contribution < 1.29 is 17.9 Å². The van der Waals surface area contributed by atoms with Gasteiger partial charge in [-0.1, -0.05) is 44.2 Å². The van der Waals surface area contributed by atoms with Crippen LogP contribution in [0.25, 0.3) is 0 Å². The van der Waals surface area contributed by atoms with Crippen LogP contribution in [0, 0.1) is 11.3 Å². The van der Waals surface area contributed by atoms with Crippen molar-refractivity contribution in [1.29, 1.82) is 0 Å². The van der Waals surface area contributed by atoms with Crippen LogP contribution in [0.15, 0.2) is 59.5 Å². The highest BCUT2D eigenvalue weighted by molar-refractivity contribution is 7.89. The van der Waals surface area contributed by atoms with Gasteiger partial charge in [-0.3, -0.25) is 4.79 Å². The topological polar surface area (TPSA) is 89.7 Å². The minimum Gasteiger partial charge on any atom is -0.456 e. The fourth-order valence-electron chi connectivity index (χ4n) is 4.03. The summed E-state index contributed by atoms with van der Waals surface area (Å²) in [5.41, 5.74) is 4.14. The van der Waals surface area contributed by atoms with Crippen LogP contribution in [0.1, 0.15) is 34.1 Å². The first-order valence-corrected chi connectivity index (χ1v) is 11.1. The van der Waals surface area contributed by atoms with Crippen LogP contribution < -0.4 is 10.5 Å². The van der Waals surface area contributed by atoms with Crippen molar-refractivity contribution in [3.8, 4) is 11.5 Å². The fourth-order valence-corrected chi connectivity index (χ4v) is 6.07. The second-order valence-electron chi connectivity index (χ2n) is 8.46. The number of primary amides is 1. The van der Waals surface area contributed by atoms with Crippen molar-refractivity contribution in [3.63, 3.8) is 0 Å². The number of rotatable bonds is 5. The van der Waals surface area contributed by atoms with Crippen LogP contribution in [0.3, 0.4) is 0 Å². The van der Waals surface area contributed by atoms with Gasteiger partial charge in [0.25, 0.3) is 0 Å². The highest BCUT2D eigenvalue weighted by atomic mass is 32.2. The van der Waals surface area contributed by atoms with E-state index < -0.39 is 32.8 Å². The molecule has 3 rings (SSSR count). The van der Waals surface area contributed by atoms with Crippen molar-refractivity contribution >= 4 is 15.9 Å². The van der Waals surface area contributed by atoms with E-state index in [1.165, 1.54) is 4.31 Å². The number of hydrogen-bond donors (Lipinski definition) is 1. The summed E-state index contributed by atoms with van der Waals surface area (Å²) >= 11 is 0. The zero-order valence-corrected chi connectivity index (χ0v) is 18.1. The lowest BCUT2D eigenvalue weighted by atomic mass is 9.62. The smallest absolute Gasteiger partial charge is 0.247 e. The first kappa shape index (κ1) is 21.3. The van der Waals surface area contributed by atoms with Crippen LogP contribution in [-0.2, 0) is 14.8 Å². The quantitative estimate of drug-likeness (QED) is 0.803. The number of carbonyl (C=O) groups excluding carboxylic acids is 1. The number of nitrogens with two attached hydrogens (primary N) is 1. The fraction of sp³-hybridized carbons (Fsp3) is 0.409. The average molecular weight is 417 g/mol. The largest absolute Gasteiger partial charge is 0.456 e. The van der Waals surface area contributed by atoms with Crippen LogP contribution in [0.2, 0.25) is 0 Å². The van der Waals surface area contributed by atoms with Crippen molar-refractivity contribution in [2.45, 2.75) is 44.6 Å². The summed E-state index contributed by atoms with van der Waals surface area (Å²) in [6.07, 6.45) is 0.382. The van der Waals surface area contributed by atoms with E-state index in [2.05, 4.69) is 0 Å². The molecule has 29 heavy (non-hydrogen) atoms. The van der Waals surface area contributed by atoms with Crippen LogP contribution in [0.4, 0.5) is 0 Å². The molecule has 2 N–H and O–H groups in total. The maximum Gasteiger partial charge on any atom is 0.247 e. The Labute approximate surface area is 172 Å². The third-order valence-electron chi connectivity index (χ3n) is 6.42. The van der Waals surface area contributed by atoms with Crippen molar-refractivity contribution in [3.05, 3.63) is 54.6 Å². The van der Waals surface area contributed by atoms with Gasteiger partial charge in [-0.2, -0.15) is 4.31 Å². The number of piperidine rings is 1. The molecule has 0 aliphatic carbocycles. The Morgan fingerprint density at radius 3 is 2.24 bits per heavy atom. The van der Waals surface area contributed by atoms with Gasteiger partial charge in [-0.05, 0) is 49.9 Å². The average Bonchev–Trinajstić information content (AvgIpc) is 2.64. The molecule has 1 fully saturated rings. The highest BCUT2D eigenvalue weighted by Crippen LogP contribution is 2.49. The van der Waals surface area contributed by atoms with Gasteiger partial charge in [0.2, 0.25) is 15.9 Å². The molecule has 0 spiro atoms. The number of para-hydroxylation sites is 2. The standard InChI is InChI=1S/C22H28N2O4S/c1-21(2)17(20(23)25)14-15-24(22(21,3)4)29(26,27)19-13-9-8-12-18(19)28-16-10-6-5-7-11-16/h5-13,17H,14-15H2,1-4H3,(H2,23,25). The molecular weight excluding hydrogens is 388 g/mol. The zero-order valence-electron chi connectivity index (χ0n) is 17.3. The normalized spacial score (nSPS) is 21.4. The molecule has 1 atom stereocenters. The molecular formula is C22H28N2O4S. The number of amides is 1. The third kappa shape index (κ3) is 3.65. The zero-order chi connectivity index (χ0) is 21.4. The van der Waals surface area contributed by atoms with E-state index in [4.69, 9.17) is 10.5 Å². The molecule has 7 heteroatoms. The predicted molar refractivity (Wildman–Crippen MR) is 112 cm³/mol. The maximum absolute atomic E-state index is 13.7. The molecule has 156 valence electrons. The van der Waals surface area contributed by atoms with Gasteiger partial charge in [0.05, 0.1) is 0 Å². The second kappa shape index (κ2) is 7.46. The summed E-state index contributed by atoms with van der Waals surface area (Å²) in [7, 11) is -3.88. The molecule has 1 heterocycles. The molecule has 0 aromatic heterocycles. The van der Waals surface area contributed by atoms with E-state index in [1.54, 1.807) is 36.4 Å². The minimum absolute atomic E-state index is 0.102. The Balaban J connectivity index is 2.03. The lowest BCUT2D eigenvalue weighted by Crippen LogP contribution is -2.64. The Morgan fingerprint density at radius 1 is 1.03 bits per heavy atom. The second-order valence-corrected chi connectivity index (χ2v) is 10.3. The Hall–Kier alpha value is -2.38. The molecule has 1 amide bonds. The van der Waals surface area contributed by atoms with Gasteiger partial charge in [-0.15, -0.1) is 0 Å². The van der Waals surface area contributed by atoms with Crippen LogP contribution >= 0.6 is 0 Å². The van der Waals surface area contributed by atoms with E-state index in [1.807, 2.05) is 45.9 Å². The molecule has 2 aromatic carbocycles. The molecule has 0 bridgehead atoms. The van der Waals surface area contributed by atoms with E-state index in [-0.39, 0.29) is 17.2 Å². The summed E-state index contributed by atoms with van der Waals surface area (Å²) < 4.78 is 34.8. The summed E-state index contributed by atoms with van der Waals surface area (Å²) in [6, 6.07) is 15.7. The van der Waals surface area contributed by atoms with Gasteiger partial charge in [0.1, 0.15) is 16.4 Å².